The van der Waals surface area contributed by atoms with Crippen molar-refractivity contribution in [2.45, 2.75) is 26.7 Å². The third-order valence-corrected chi connectivity index (χ3v) is 3.41. The number of aromatic nitrogens is 1. The van der Waals surface area contributed by atoms with Gasteiger partial charge in [-0.2, -0.15) is 5.26 Å². The first-order chi connectivity index (χ1) is 9.61. The largest absolute Gasteiger partial charge is 0.383 e. The van der Waals surface area contributed by atoms with E-state index in [2.05, 4.69) is 35.4 Å². The topological polar surface area (TPSA) is 48.7 Å². The van der Waals surface area contributed by atoms with E-state index >= 15 is 0 Å². The Morgan fingerprint density at radius 1 is 1.25 bits per heavy atom. The fraction of sp³-hybridized carbons (Fsp3) is 0.294. The fourth-order valence-corrected chi connectivity index (χ4v) is 2.27. The van der Waals surface area contributed by atoms with Gasteiger partial charge < -0.3 is 5.32 Å². The number of hydrogen-bond acceptors (Lipinski definition) is 3. The van der Waals surface area contributed by atoms with Gasteiger partial charge in [-0.25, -0.2) is 0 Å². The van der Waals surface area contributed by atoms with Crippen LogP contribution in [0.4, 0.5) is 5.69 Å². The number of hydrogen-bond donors (Lipinski definition) is 1. The number of anilines is 1. The van der Waals surface area contributed by atoms with Gasteiger partial charge >= 0.3 is 0 Å². The van der Waals surface area contributed by atoms with E-state index in [-0.39, 0.29) is 0 Å². The predicted octanol–water partition coefficient (Wildman–Crippen LogP) is 3.79. The number of nitriles is 1. The minimum absolute atomic E-state index is 0.386. The quantitative estimate of drug-likeness (QED) is 0.915. The lowest BCUT2D eigenvalue weighted by Gasteiger charge is -2.16. The molecule has 0 radical (unpaired) electrons. The lowest BCUT2D eigenvalue weighted by atomic mass is 10.0. The minimum Gasteiger partial charge on any atom is -0.383 e. The van der Waals surface area contributed by atoms with Crippen molar-refractivity contribution < 1.29 is 0 Å². The summed E-state index contributed by atoms with van der Waals surface area (Å²) in [5, 5.41) is 12.6. The monoisotopic (exact) mass is 265 g/mol. The molecule has 20 heavy (non-hydrogen) atoms. The Morgan fingerprint density at radius 2 is 1.95 bits per heavy atom. The first kappa shape index (κ1) is 14.1. The highest BCUT2D eigenvalue weighted by atomic mass is 14.9. The molecule has 0 spiro atoms. The van der Waals surface area contributed by atoms with Crippen LogP contribution in [0.3, 0.4) is 0 Å². The molecule has 0 saturated carbocycles. The van der Waals surface area contributed by atoms with E-state index in [0.717, 1.165) is 23.6 Å². The summed E-state index contributed by atoms with van der Waals surface area (Å²) in [6.07, 6.45) is 0. The average molecular weight is 265 g/mol. The van der Waals surface area contributed by atoms with Gasteiger partial charge in [-0.15, -0.1) is 0 Å². The van der Waals surface area contributed by atoms with Gasteiger partial charge in [0.2, 0.25) is 0 Å². The Labute approximate surface area is 120 Å². The zero-order valence-electron chi connectivity index (χ0n) is 12.1. The molecule has 0 fully saturated rings. The Morgan fingerprint density at radius 3 is 2.60 bits per heavy atom. The molecule has 3 heteroatoms. The van der Waals surface area contributed by atoms with Gasteiger partial charge in [0.1, 0.15) is 6.07 Å². The number of benzene rings is 1. The second-order valence-corrected chi connectivity index (χ2v) is 5.08. The van der Waals surface area contributed by atoms with E-state index in [1.54, 1.807) is 0 Å². The van der Waals surface area contributed by atoms with E-state index in [1.807, 2.05) is 38.1 Å². The zero-order chi connectivity index (χ0) is 14.5. The van der Waals surface area contributed by atoms with E-state index in [4.69, 9.17) is 0 Å². The Kier molecular flexibility index (Phi) is 4.37. The number of nitrogens with one attached hydrogen (secondary N) is 1. The molecule has 0 saturated heterocycles. The molecule has 0 bridgehead atoms. The fourth-order valence-electron chi connectivity index (χ4n) is 2.27. The van der Waals surface area contributed by atoms with Crippen molar-refractivity contribution in [1.82, 2.24) is 4.98 Å². The van der Waals surface area contributed by atoms with Crippen molar-refractivity contribution in [2.75, 3.05) is 11.9 Å². The van der Waals surface area contributed by atoms with Gasteiger partial charge in [-0.1, -0.05) is 37.3 Å². The summed E-state index contributed by atoms with van der Waals surface area (Å²) in [7, 11) is 0. The van der Waals surface area contributed by atoms with Crippen LogP contribution in [-0.4, -0.2) is 11.5 Å². The highest BCUT2D eigenvalue weighted by molar-refractivity contribution is 5.60. The third-order valence-electron chi connectivity index (χ3n) is 3.41. The highest BCUT2D eigenvalue weighted by Crippen LogP contribution is 2.21. The van der Waals surface area contributed by atoms with E-state index in [0.29, 0.717) is 11.5 Å². The van der Waals surface area contributed by atoms with Crippen molar-refractivity contribution in [3.63, 3.8) is 0 Å². The standard InChI is InChI=1S/C17H19N3/c1-12(15-7-5-4-6-8-15)11-19-17-9-13(2)20-14(3)16(17)10-18/h4-9,12H,11H2,1-3H3,(H,19,20). The minimum atomic E-state index is 0.386. The second-order valence-electron chi connectivity index (χ2n) is 5.08. The molecule has 0 aliphatic rings. The molecule has 1 heterocycles. The summed E-state index contributed by atoms with van der Waals surface area (Å²) >= 11 is 0. The maximum Gasteiger partial charge on any atom is 0.103 e. The SMILES string of the molecule is Cc1cc(NCC(C)c2ccccc2)c(C#N)c(C)n1. The average Bonchev–Trinajstić information content (AvgIpc) is 2.45. The van der Waals surface area contributed by atoms with Crippen molar-refractivity contribution in [1.29, 1.82) is 5.26 Å². The summed E-state index contributed by atoms with van der Waals surface area (Å²) in [5.41, 5.74) is 4.51. The molecule has 1 aromatic heterocycles. The lowest BCUT2D eigenvalue weighted by Crippen LogP contribution is -2.11. The molecule has 2 rings (SSSR count). The normalized spacial score (nSPS) is 11.7. The van der Waals surface area contributed by atoms with Crippen LogP contribution in [0.1, 0.15) is 35.4 Å². The summed E-state index contributed by atoms with van der Waals surface area (Å²) in [4.78, 5) is 4.33. The van der Waals surface area contributed by atoms with Crippen molar-refractivity contribution in [3.8, 4) is 6.07 Å². The molecule has 0 amide bonds. The number of rotatable bonds is 4. The second kappa shape index (κ2) is 6.21. The Balaban J connectivity index is 2.14. The van der Waals surface area contributed by atoms with Crippen LogP contribution in [0.15, 0.2) is 36.4 Å². The van der Waals surface area contributed by atoms with Gasteiger partial charge in [0, 0.05) is 12.2 Å². The molecule has 0 aliphatic carbocycles. The number of nitrogens with zero attached hydrogens (tertiary/aromatic N) is 2. The summed E-state index contributed by atoms with van der Waals surface area (Å²) in [5.74, 6) is 0.386. The van der Waals surface area contributed by atoms with Crippen LogP contribution in [-0.2, 0) is 0 Å². The molecule has 0 aliphatic heterocycles. The first-order valence-corrected chi connectivity index (χ1v) is 6.79. The maximum atomic E-state index is 9.24. The highest BCUT2D eigenvalue weighted by Gasteiger charge is 2.10. The van der Waals surface area contributed by atoms with Gasteiger partial charge in [0.05, 0.1) is 16.9 Å². The number of pyridine rings is 1. The number of aryl methyl sites for hydroxylation is 2. The Bertz CT molecular complexity index is 627. The molecule has 1 atom stereocenters. The summed E-state index contributed by atoms with van der Waals surface area (Å²) in [6, 6.07) is 14.5. The van der Waals surface area contributed by atoms with E-state index in [1.165, 1.54) is 5.56 Å². The Hall–Kier alpha value is -2.34. The predicted molar refractivity (Wildman–Crippen MR) is 81.8 cm³/mol. The van der Waals surface area contributed by atoms with Crippen molar-refractivity contribution in [2.24, 2.45) is 0 Å². The van der Waals surface area contributed by atoms with Gasteiger partial charge in [-0.3, -0.25) is 4.98 Å². The van der Waals surface area contributed by atoms with Crippen molar-refractivity contribution >= 4 is 5.69 Å². The van der Waals surface area contributed by atoms with Crippen LogP contribution in [0.25, 0.3) is 0 Å². The van der Waals surface area contributed by atoms with E-state index < -0.39 is 0 Å². The van der Waals surface area contributed by atoms with Gasteiger partial charge in [-0.05, 0) is 31.4 Å². The zero-order valence-corrected chi connectivity index (χ0v) is 12.1. The molecule has 3 nitrogen and oxygen atoms in total. The van der Waals surface area contributed by atoms with Crippen LogP contribution < -0.4 is 5.32 Å². The molecular weight excluding hydrogens is 246 g/mol. The van der Waals surface area contributed by atoms with E-state index in [9.17, 15) is 5.26 Å². The smallest absolute Gasteiger partial charge is 0.103 e. The van der Waals surface area contributed by atoms with Gasteiger partial charge in [0.15, 0.2) is 0 Å². The molecule has 102 valence electrons. The molecule has 1 N–H and O–H groups in total. The van der Waals surface area contributed by atoms with Crippen LogP contribution >= 0.6 is 0 Å². The maximum absolute atomic E-state index is 9.24. The lowest BCUT2D eigenvalue weighted by molar-refractivity contribution is 0.804. The summed E-state index contributed by atoms with van der Waals surface area (Å²) < 4.78 is 0. The van der Waals surface area contributed by atoms with Crippen LogP contribution in [0.2, 0.25) is 0 Å². The molecular formula is C17H19N3. The molecule has 2 aromatic rings. The molecule has 1 unspecified atom stereocenters. The van der Waals surface area contributed by atoms with Gasteiger partial charge in [0.25, 0.3) is 0 Å². The summed E-state index contributed by atoms with van der Waals surface area (Å²) in [6.45, 7) is 6.79. The van der Waals surface area contributed by atoms with Crippen LogP contribution in [0, 0.1) is 25.2 Å². The van der Waals surface area contributed by atoms with Crippen LogP contribution in [0.5, 0.6) is 0 Å². The molecule has 1 aromatic carbocycles. The third kappa shape index (κ3) is 3.16. The van der Waals surface area contributed by atoms with Crippen molar-refractivity contribution in [3.05, 3.63) is 58.9 Å². The first-order valence-electron chi connectivity index (χ1n) is 6.79.